The molecule has 3 atom stereocenters. The van der Waals surface area contributed by atoms with Gasteiger partial charge in [0.05, 0.1) is 10.6 Å². The number of amides is 1. The van der Waals surface area contributed by atoms with Crippen LogP contribution in [0.4, 0.5) is 0 Å². The zero-order chi connectivity index (χ0) is 24.1. The number of hydrogen-bond acceptors (Lipinski definition) is 2. The minimum Gasteiger partial charge on any atom is -0.340 e. The van der Waals surface area contributed by atoms with Crippen molar-refractivity contribution in [3.05, 3.63) is 70.2 Å². The lowest BCUT2D eigenvalue weighted by Gasteiger charge is -2.24. The number of hydrogen-bond donors (Lipinski definition) is 0. The summed E-state index contributed by atoms with van der Waals surface area (Å²) in [5.41, 5.74) is 3.02. The molecule has 0 aromatic heterocycles. The molecule has 3 nitrogen and oxygen atoms in total. The summed E-state index contributed by atoms with van der Waals surface area (Å²) >= 11 is 5.71. The summed E-state index contributed by atoms with van der Waals surface area (Å²) < 4.78 is 0. The van der Waals surface area contributed by atoms with Crippen LogP contribution in [-0.4, -0.2) is 23.4 Å². The number of aryl methyl sites for hydroxylation is 2. The number of nitrogens with zero attached hydrogens (tertiary/aromatic N) is 2. The van der Waals surface area contributed by atoms with Crippen LogP contribution in [-0.2, 0) is 11.2 Å². The third kappa shape index (κ3) is 9.05. The van der Waals surface area contributed by atoms with Crippen molar-refractivity contribution in [1.82, 2.24) is 4.90 Å². The summed E-state index contributed by atoms with van der Waals surface area (Å²) in [5.74, 6) is 1.65. The van der Waals surface area contributed by atoms with Crippen molar-refractivity contribution in [2.75, 3.05) is 6.54 Å². The van der Waals surface area contributed by atoms with Gasteiger partial charge in [-0.05, 0) is 61.8 Å². The molecule has 3 rings (SSSR count). The average molecular weight is 455 g/mol. The summed E-state index contributed by atoms with van der Waals surface area (Å²) in [6, 6.07) is 18.2. The van der Waals surface area contributed by atoms with E-state index in [2.05, 4.69) is 63.8 Å². The van der Waals surface area contributed by atoms with Gasteiger partial charge in [-0.15, -0.1) is 0 Å². The van der Waals surface area contributed by atoms with E-state index in [9.17, 15) is 4.79 Å². The maximum Gasteiger partial charge on any atom is 0.223 e. The third-order valence-electron chi connectivity index (χ3n) is 6.26. The van der Waals surface area contributed by atoms with E-state index in [4.69, 9.17) is 16.9 Å². The van der Waals surface area contributed by atoms with Crippen LogP contribution >= 0.6 is 11.6 Å². The second-order valence-electron chi connectivity index (χ2n) is 8.59. The highest BCUT2D eigenvalue weighted by molar-refractivity contribution is 6.31. The van der Waals surface area contributed by atoms with E-state index in [1.54, 1.807) is 12.1 Å². The first-order valence-corrected chi connectivity index (χ1v) is 12.1. The summed E-state index contributed by atoms with van der Waals surface area (Å²) in [7, 11) is 0. The molecule has 1 amide bonds. The lowest BCUT2D eigenvalue weighted by molar-refractivity contribution is -0.129. The van der Waals surface area contributed by atoms with Gasteiger partial charge in [0.1, 0.15) is 6.07 Å². The Balaban J connectivity index is 0.000000251. The highest BCUT2D eigenvalue weighted by atomic mass is 35.5. The first-order valence-electron chi connectivity index (χ1n) is 11.8. The molecule has 0 spiro atoms. The molecule has 2 aromatic rings. The average Bonchev–Trinajstić information content (AvgIpc) is 3.21. The Labute approximate surface area is 200 Å². The zero-order valence-electron chi connectivity index (χ0n) is 20.6. The molecule has 0 bridgehead atoms. The van der Waals surface area contributed by atoms with E-state index in [1.807, 2.05) is 25.1 Å². The molecule has 32 heavy (non-hydrogen) atoms. The standard InChI is InChI=1S/C12H23NO.C8H6ClN.C8H10/c1-5-9(3)11-7-12(14)13(8-11)10(4)6-2;1-6-2-3-7(5-10)8(9)4-6;1-2-8-6-4-3-5-7-8/h9-11H,5-8H2,1-4H3;2-4H,1H3;3-7H,2H2,1H3. The van der Waals surface area contributed by atoms with Gasteiger partial charge in [-0.3, -0.25) is 4.79 Å². The van der Waals surface area contributed by atoms with Gasteiger partial charge in [0.15, 0.2) is 0 Å². The molecule has 0 aliphatic carbocycles. The first-order chi connectivity index (χ1) is 15.3. The van der Waals surface area contributed by atoms with E-state index in [-0.39, 0.29) is 0 Å². The van der Waals surface area contributed by atoms with Gasteiger partial charge in [0.25, 0.3) is 0 Å². The maximum absolute atomic E-state index is 11.7. The molecule has 1 aliphatic heterocycles. The molecule has 174 valence electrons. The van der Waals surface area contributed by atoms with Crippen LogP contribution in [0.5, 0.6) is 0 Å². The summed E-state index contributed by atoms with van der Waals surface area (Å²) in [6.07, 6.45) is 4.17. The van der Waals surface area contributed by atoms with Crippen molar-refractivity contribution in [3.8, 4) is 6.07 Å². The van der Waals surface area contributed by atoms with Crippen LogP contribution in [0, 0.1) is 30.1 Å². The normalized spacial score (nSPS) is 16.8. The smallest absolute Gasteiger partial charge is 0.223 e. The van der Waals surface area contributed by atoms with Crippen molar-refractivity contribution in [2.45, 2.75) is 73.3 Å². The highest BCUT2D eigenvalue weighted by Crippen LogP contribution is 2.28. The quantitative estimate of drug-likeness (QED) is 0.470. The molecule has 3 unspecified atom stereocenters. The monoisotopic (exact) mass is 454 g/mol. The molecule has 2 aromatic carbocycles. The molecule has 1 saturated heterocycles. The second-order valence-corrected chi connectivity index (χ2v) is 8.99. The van der Waals surface area contributed by atoms with E-state index < -0.39 is 0 Å². The molecule has 4 heteroatoms. The molecule has 0 saturated carbocycles. The van der Waals surface area contributed by atoms with Crippen LogP contribution in [0.15, 0.2) is 48.5 Å². The molecular weight excluding hydrogens is 416 g/mol. The molecule has 1 aliphatic rings. The molecular formula is C28H39ClN2O. The van der Waals surface area contributed by atoms with Crippen molar-refractivity contribution < 1.29 is 4.79 Å². The minimum absolute atomic E-state index is 0.365. The summed E-state index contributed by atoms with van der Waals surface area (Å²) in [4.78, 5) is 13.8. The zero-order valence-corrected chi connectivity index (χ0v) is 21.3. The van der Waals surface area contributed by atoms with E-state index >= 15 is 0 Å². The van der Waals surface area contributed by atoms with Crippen molar-refractivity contribution >= 4 is 17.5 Å². The lowest BCUT2D eigenvalue weighted by atomic mass is 9.91. The summed E-state index contributed by atoms with van der Waals surface area (Å²) in [6.45, 7) is 13.9. The fourth-order valence-corrected chi connectivity index (χ4v) is 3.82. The van der Waals surface area contributed by atoms with Gasteiger partial charge >= 0.3 is 0 Å². The van der Waals surface area contributed by atoms with Gasteiger partial charge in [-0.1, -0.05) is 82.1 Å². The van der Waals surface area contributed by atoms with E-state index in [0.717, 1.165) is 31.4 Å². The number of halogens is 1. The Bertz CT molecular complexity index is 859. The Hall–Kier alpha value is -2.31. The second kappa shape index (κ2) is 14.7. The SMILES string of the molecule is CCC(C)C1CC(=O)N(C(C)CC)C1.CCc1ccccc1.Cc1ccc(C#N)c(Cl)c1. The molecule has 1 heterocycles. The van der Waals surface area contributed by atoms with E-state index in [0.29, 0.717) is 34.4 Å². The number of carbonyl (C=O) groups is 1. The number of nitriles is 1. The van der Waals surface area contributed by atoms with Gasteiger partial charge in [-0.2, -0.15) is 5.26 Å². The highest BCUT2D eigenvalue weighted by Gasteiger charge is 2.34. The number of carbonyl (C=O) groups excluding carboxylic acids is 1. The fraction of sp³-hybridized carbons (Fsp3) is 0.500. The predicted octanol–water partition coefficient (Wildman–Crippen LogP) is 7.45. The van der Waals surface area contributed by atoms with Crippen LogP contribution in [0.2, 0.25) is 5.02 Å². The largest absolute Gasteiger partial charge is 0.340 e. The van der Waals surface area contributed by atoms with Crippen LogP contribution in [0.25, 0.3) is 0 Å². The Morgan fingerprint density at radius 3 is 2.22 bits per heavy atom. The third-order valence-corrected chi connectivity index (χ3v) is 6.57. The molecule has 0 radical (unpaired) electrons. The number of benzene rings is 2. The van der Waals surface area contributed by atoms with E-state index in [1.165, 1.54) is 12.0 Å². The van der Waals surface area contributed by atoms with Crippen LogP contribution in [0.1, 0.15) is 70.6 Å². The van der Waals surface area contributed by atoms with Gasteiger partial charge in [0, 0.05) is 19.0 Å². The summed E-state index contributed by atoms with van der Waals surface area (Å²) in [5, 5.41) is 9.00. The Morgan fingerprint density at radius 2 is 1.75 bits per heavy atom. The van der Waals surface area contributed by atoms with Crippen molar-refractivity contribution in [3.63, 3.8) is 0 Å². The fourth-order valence-electron chi connectivity index (χ4n) is 3.55. The first kappa shape index (κ1) is 27.7. The maximum atomic E-state index is 11.7. The van der Waals surface area contributed by atoms with Crippen molar-refractivity contribution in [2.24, 2.45) is 11.8 Å². The lowest BCUT2D eigenvalue weighted by Crippen LogP contribution is -2.34. The van der Waals surface area contributed by atoms with Gasteiger partial charge < -0.3 is 4.90 Å². The predicted molar refractivity (Wildman–Crippen MR) is 136 cm³/mol. The van der Waals surface area contributed by atoms with Crippen LogP contribution < -0.4 is 0 Å². The Morgan fingerprint density at radius 1 is 1.09 bits per heavy atom. The van der Waals surface area contributed by atoms with Gasteiger partial charge in [-0.25, -0.2) is 0 Å². The number of likely N-dealkylation sites (tertiary alicyclic amines) is 1. The minimum atomic E-state index is 0.365. The Kier molecular flexibility index (Phi) is 12.7. The molecule has 0 N–H and O–H groups in total. The molecule has 1 fully saturated rings. The van der Waals surface area contributed by atoms with Crippen molar-refractivity contribution in [1.29, 1.82) is 5.26 Å². The number of rotatable bonds is 5. The topological polar surface area (TPSA) is 44.1 Å². The van der Waals surface area contributed by atoms with Crippen LogP contribution in [0.3, 0.4) is 0 Å². The van der Waals surface area contributed by atoms with Gasteiger partial charge in [0.2, 0.25) is 5.91 Å².